The van der Waals surface area contributed by atoms with Gasteiger partial charge in [0.1, 0.15) is 0 Å². The van der Waals surface area contributed by atoms with E-state index in [1.165, 1.54) is 37.7 Å². The Hall–Kier alpha value is -1.35. The molecule has 2 rings (SSSR count). The van der Waals surface area contributed by atoms with Gasteiger partial charge in [0, 0.05) is 12.1 Å². The smallest absolute Gasteiger partial charge is 0.251 e. The summed E-state index contributed by atoms with van der Waals surface area (Å²) in [7, 11) is 0. The maximum atomic E-state index is 12.1. The van der Waals surface area contributed by atoms with Gasteiger partial charge in [-0.25, -0.2) is 0 Å². The minimum Gasteiger partial charge on any atom is -0.393 e. The summed E-state index contributed by atoms with van der Waals surface area (Å²) in [5, 5.41) is 12.6. The minimum atomic E-state index is -0.353. The predicted octanol–water partition coefficient (Wildman–Crippen LogP) is 3.87. The molecular weight excluding hydrogens is 274 g/mol. The van der Waals surface area contributed by atoms with Crippen LogP contribution in [0.2, 0.25) is 0 Å². The SMILES string of the molecule is CC(C)C(O)CCNC(=O)c1ccc(C2CCCCC2)cc1. The van der Waals surface area contributed by atoms with Crippen molar-refractivity contribution >= 4 is 5.91 Å². The summed E-state index contributed by atoms with van der Waals surface area (Å²) in [5.41, 5.74) is 2.07. The number of aliphatic hydroxyl groups excluding tert-OH is 1. The van der Waals surface area contributed by atoms with Gasteiger partial charge in [0.25, 0.3) is 5.91 Å². The van der Waals surface area contributed by atoms with Crippen molar-refractivity contribution in [3.8, 4) is 0 Å². The third-order valence-corrected chi connectivity index (χ3v) is 4.74. The molecule has 0 bridgehead atoms. The molecule has 0 aromatic heterocycles. The zero-order chi connectivity index (χ0) is 15.9. The Balaban J connectivity index is 1.83. The van der Waals surface area contributed by atoms with Crippen LogP contribution >= 0.6 is 0 Å². The minimum absolute atomic E-state index is 0.0499. The lowest BCUT2D eigenvalue weighted by molar-refractivity contribution is 0.0920. The highest BCUT2D eigenvalue weighted by atomic mass is 16.3. The Labute approximate surface area is 134 Å². The first-order chi connectivity index (χ1) is 10.6. The molecule has 1 aromatic carbocycles. The molecule has 0 heterocycles. The quantitative estimate of drug-likeness (QED) is 0.838. The largest absolute Gasteiger partial charge is 0.393 e. The zero-order valence-electron chi connectivity index (χ0n) is 13.8. The van der Waals surface area contributed by atoms with Crippen LogP contribution in [0.1, 0.15) is 74.2 Å². The maximum absolute atomic E-state index is 12.1. The second-order valence-electron chi connectivity index (χ2n) is 6.81. The van der Waals surface area contributed by atoms with Crippen LogP contribution in [0.3, 0.4) is 0 Å². The van der Waals surface area contributed by atoms with E-state index in [1.807, 2.05) is 26.0 Å². The molecule has 1 saturated carbocycles. The molecule has 1 aliphatic carbocycles. The van der Waals surface area contributed by atoms with E-state index in [-0.39, 0.29) is 17.9 Å². The molecule has 3 nitrogen and oxygen atoms in total. The third-order valence-electron chi connectivity index (χ3n) is 4.74. The summed E-state index contributed by atoms with van der Waals surface area (Å²) >= 11 is 0. The summed E-state index contributed by atoms with van der Waals surface area (Å²) in [5.74, 6) is 0.852. The number of amides is 1. The molecule has 0 saturated heterocycles. The second kappa shape index (κ2) is 8.33. The Bertz CT molecular complexity index is 461. The van der Waals surface area contributed by atoms with Gasteiger partial charge in [0.2, 0.25) is 0 Å². The number of hydrogen-bond donors (Lipinski definition) is 2. The van der Waals surface area contributed by atoms with Crippen molar-refractivity contribution in [2.75, 3.05) is 6.54 Å². The van der Waals surface area contributed by atoms with Crippen molar-refractivity contribution in [3.05, 3.63) is 35.4 Å². The molecule has 1 aliphatic rings. The summed E-state index contributed by atoms with van der Waals surface area (Å²) in [6.07, 6.45) is 6.81. The van der Waals surface area contributed by atoms with Crippen molar-refractivity contribution in [2.24, 2.45) is 5.92 Å². The van der Waals surface area contributed by atoms with Crippen molar-refractivity contribution < 1.29 is 9.90 Å². The number of rotatable bonds is 6. The highest BCUT2D eigenvalue weighted by molar-refractivity contribution is 5.94. The first kappa shape index (κ1) is 17.0. The van der Waals surface area contributed by atoms with Gasteiger partial charge in [-0.3, -0.25) is 4.79 Å². The summed E-state index contributed by atoms with van der Waals surface area (Å²) in [6, 6.07) is 8.07. The van der Waals surface area contributed by atoms with E-state index < -0.39 is 0 Å². The first-order valence-electron chi connectivity index (χ1n) is 8.64. The molecule has 122 valence electrons. The monoisotopic (exact) mass is 303 g/mol. The molecule has 1 atom stereocenters. The number of nitrogens with one attached hydrogen (secondary N) is 1. The highest BCUT2D eigenvalue weighted by Crippen LogP contribution is 2.32. The van der Waals surface area contributed by atoms with E-state index in [2.05, 4.69) is 17.4 Å². The van der Waals surface area contributed by atoms with Crippen molar-refractivity contribution in [2.45, 2.75) is 64.4 Å². The fourth-order valence-corrected chi connectivity index (χ4v) is 3.11. The van der Waals surface area contributed by atoms with E-state index in [1.54, 1.807) is 0 Å². The van der Waals surface area contributed by atoms with Crippen molar-refractivity contribution in [1.29, 1.82) is 0 Å². The molecule has 22 heavy (non-hydrogen) atoms. The molecule has 1 unspecified atom stereocenters. The topological polar surface area (TPSA) is 49.3 Å². The van der Waals surface area contributed by atoms with Crippen LogP contribution in [0.5, 0.6) is 0 Å². The molecule has 2 N–H and O–H groups in total. The Kier molecular flexibility index (Phi) is 6.44. The van der Waals surface area contributed by atoms with Gasteiger partial charge in [-0.05, 0) is 48.8 Å². The van der Waals surface area contributed by atoms with Crippen LogP contribution in [0.4, 0.5) is 0 Å². The fourth-order valence-electron chi connectivity index (χ4n) is 3.11. The molecule has 0 radical (unpaired) electrons. The lowest BCUT2D eigenvalue weighted by atomic mass is 9.84. The molecule has 3 heteroatoms. The van der Waals surface area contributed by atoms with Gasteiger partial charge in [0.15, 0.2) is 0 Å². The summed E-state index contributed by atoms with van der Waals surface area (Å²) in [4.78, 5) is 12.1. The normalized spacial score (nSPS) is 17.5. The Morgan fingerprint density at radius 3 is 2.41 bits per heavy atom. The summed E-state index contributed by atoms with van der Waals surface area (Å²) in [6.45, 7) is 4.48. The first-order valence-corrected chi connectivity index (χ1v) is 8.64. The van der Waals surface area contributed by atoms with Crippen LogP contribution in [0, 0.1) is 5.92 Å². The van der Waals surface area contributed by atoms with E-state index >= 15 is 0 Å². The molecular formula is C19H29NO2. The van der Waals surface area contributed by atoms with Crippen LogP contribution in [0.25, 0.3) is 0 Å². The molecule has 1 amide bonds. The average molecular weight is 303 g/mol. The number of carbonyl (C=O) groups is 1. The van der Waals surface area contributed by atoms with E-state index in [9.17, 15) is 9.90 Å². The van der Waals surface area contributed by atoms with E-state index in [4.69, 9.17) is 0 Å². The fraction of sp³-hybridized carbons (Fsp3) is 0.632. The maximum Gasteiger partial charge on any atom is 0.251 e. The average Bonchev–Trinajstić information content (AvgIpc) is 2.55. The van der Waals surface area contributed by atoms with Gasteiger partial charge in [-0.1, -0.05) is 45.2 Å². The molecule has 0 aliphatic heterocycles. The predicted molar refractivity (Wildman–Crippen MR) is 90.1 cm³/mol. The molecule has 1 aromatic rings. The Morgan fingerprint density at radius 2 is 1.82 bits per heavy atom. The lowest BCUT2D eigenvalue weighted by Crippen LogP contribution is -2.28. The van der Waals surface area contributed by atoms with Gasteiger partial charge < -0.3 is 10.4 Å². The lowest BCUT2D eigenvalue weighted by Gasteiger charge is -2.22. The second-order valence-corrected chi connectivity index (χ2v) is 6.81. The van der Waals surface area contributed by atoms with Gasteiger partial charge in [-0.2, -0.15) is 0 Å². The van der Waals surface area contributed by atoms with Gasteiger partial charge in [-0.15, -0.1) is 0 Å². The zero-order valence-corrected chi connectivity index (χ0v) is 13.8. The summed E-state index contributed by atoms with van der Waals surface area (Å²) < 4.78 is 0. The Morgan fingerprint density at radius 1 is 1.18 bits per heavy atom. The third kappa shape index (κ3) is 4.84. The standard InChI is InChI=1S/C19H29NO2/c1-14(2)18(21)12-13-20-19(22)17-10-8-16(9-11-17)15-6-4-3-5-7-15/h8-11,14-15,18,21H,3-7,12-13H2,1-2H3,(H,20,22). The number of benzene rings is 1. The number of hydrogen-bond acceptors (Lipinski definition) is 2. The van der Waals surface area contributed by atoms with E-state index in [0.717, 1.165) is 0 Å². The van der Waals surface area contributed by atoms with Crippen LogP contribution in [-0.2, 0) is 0 Å². The number of carbonyl (C=O) groups excluding carboxylic acids is 1. The molecule has 1 fully saturated rings. The highest BCUT2D eigenvalue weighted by Gasteiger charge is 2.16. The van der Waals surface area contributed by atoms with Gasteiger partial charge >= 0.3 is 0 Å². The van der Waals surface area contributed by atoms with E-state index in [0.29, 0.717) is 24.4 Å². The van der Waals surface area contributed by atoms with Crippen LogP contribution < -0.4 is 5.32 Å². The van der Waals surface area contributed by atoms with Gasteiger partial charge in [0.05, 0.1) is 6.10 Å². The van der Waals surface area contributed by atoms with Crippen molar-refractivity contribution in [1.82, 2.24) is 5.32 Å². The van der Waals surface area contributed by atoms with Crippen LogP contribution in [-0.4, -0.2) is 23.7 Å². The van der Waals surface area contributed by atoms with Crippen molar-refractivity contribution in [3.63, 3.8) is 0 Å². The molecule has 0 spiro atoms. The van der Waals surface area contributed by atoms with Crippen LogP contribution in [0.15, 0.2) is 24.3 Å². The number of aliphatic hydroxyl groups is 1.